The maximum atomic E-state index is 12.3. The van der Waals surface area contributed by atoms with E-state index >= 15 is 0 Å². The molecule has 0 saturated carbocycles. The number of hydrogen-bond acceptors (Lipinski definition) is 5. The van der Waals surface area contributed by atoms with Crippen molar-refractivity contribution < 1.29 is 13.2 Å². The molecule has 2 saturated heterocycles. The highest BCUT2D eigenvalue weighted by Gasteiger charge is 2.42. The molecular weight excluding hydrogens is 298 g/mol. The lowest BCUT2D eigenvalue weighted by molar-refractivity contribution is 0.0996. The average Bonchev–Trinajstić information content (AvgIpc) is 3.00. The van der Waals surface area contributed by atoms with Gasteiger partial charge in [0.2, 0.25) is 10.0 Å². The van der Waals surface area contributed by atoms with E-state index in [1.165, 1.54) is 18.3 Å². The zero-order valence-electron chi connectivity index (χ0n) is 10.7. The summed E-state index contributed by atoms with van der Waals surface area (Å²) in [7, 11) is -3.59. The smallest absolute Gasteiger partial charge is 0.242 e. The average molecular weight is 313 g/mol. The van der Waals surface area contributed by atoms with Crippen molar-refractivity contribution in [2.24, 2.45) is 5.73 Å². The Morgan fingerprint density at radius 2 is 2.25 bits per heavy atom. The summed E-state index contributed by atoms with van der Waals surface area (Å²) in [5, 5.41) is 0. The van der Waals surface area contributed by atoms with Crippen LogP contribution < -0.4 is 10.5 Å². The highest BCUT2D eigenvalue weighted by molar-refractivity contribution is 7.89. The number of nitrogens with zero attached hydrogens (tertiary/aromatic N) is 1. The molecule has 3 rings (SSSR count). The summed E-state index contributed by atoms with van der Waals surface area (Å²) >= 11 is 4.78. The second kappa shape index (κ2) is 5.03. The fraction of sp³-hybridized carbons (Fsp3) is 0.500. The summed E-state index contributed by atoms with van der Waals surface area (Å²) in [4.78, 5) is 4.20. The van der Waals surface area contributed by atoms with Gasteiger partial charge in [-0.25, -0.2) is 13.1 Å². The van der Waals surface area contributed by atoms with Gasteiger partial charge in [-0.15, -0.1) is 0 Å². The molecule has 20 heavy (non-hydrogen) atoms. The van der Waals surface area contributed by atoms with Crippen LogP contribution in [0.15, 0.2) is 23.2 Å². The largest absolute Gasteiger partial charge is 0.388 e. The van der Waals surface area contributed by atoms with Crippen molar-refractivity contribution in [3.8, 4) is 0 Å². The topological polar surface area (TPSA) is 94.3 Å². The Kier molecular flexibility index (Phi) is 3.49. The van der Waals surface area contributed by atoms with Gasteiger partial charge in [0, 0.05) is 6.20 Å². The van der Waals surface area contributed by atoms with Gasteiger partial charge in [-0.1, -0.05) is 12.2 Å². The van der Waals surface area contributed by atoms with E-state index in [9.17, 15) is 8.42 Å². The molecule has 108 valence electrons. The first-order chi connectivity index (χ1) is 9.45. The molecule has 2 aliphatic heterocycles. The molecule has 3 atom stereocenters. The van der Waals surface area contributed by atoms with Gasteiger partial charge in [0.1, 0.15) is 9.88 Å². The Labute approximate surface area is 122 Å². The molecule has 0 amide bonds. The summed E-state index contributed by atoms with van der Waals surface area (Å²) < 4.78 is 32.9. The fourth-order valence-corrected chi connectivity index (χ4v) is 4.06. The van der Waals surface area contributed by atoms with Gasteiger partial charge in [0.25, 0.3) is 0 Å². The first-order valence-corrected chi connectivity index (χ1v) is 8.28. The SMILES string of the molecule is NC(=S)c1ccc(S(=O)(=O)NC2CC3CCC2O3)cn1. The molecule has 3 unspecified atom stereocenters. The van der Waals surface area contributed by atoms with Crippen LogP contribution in [0.1, 0.15) is 25.0 Å². The lowest BCUT2D eigenvalue weighted by Crippen LogP contribution is -2.41. The van der Waals surface area contributed by atoms with Crippen molar-refractivity contribution in [1.82, 2.24) is 9.71 Å². The number of hydrogen-bond donors (Lipinski definition) is 2. The predicted octanol–water partition coefficient (Wildman–Crippen LogP) is 0.314. The van der Waals surface area contributed by atoms with Crippen LogP contribution in [0.2, 0.25) is 0 Å². The van der Waals surface area contributed by atoms with E-state index in [4.69, 9.17) is 22.7 Å². The number of rotatable bonds is 4. The second-order valence-electron chi connectivity index (χ2n) is 5.08. The normalized spacial score (nSPS) is 28.7. The number of thiocarbonyl (C=S) groups is 1. The molecule has 0 radical (unpaired) electrons. The number of nitrogens with two attached hydrogens (primary N) is 1. The maximum absolute atomic E-state index is 12.3. The van der Waals surface area contributed by atoms with E-state index < -0.39 is 10.0 Å². The Hall–Kier alpha value is -1.09. The van der Waals surface area contributed by atoms with Gasteiger partial charge in [0.15, 0.2) is 0 Å². The molecular formula is C12H15N3O3S2. The van der Waals surface area contributed by atoms with E-state index in [1.54, 1.807) is 0 Å². The number of nitrogens with one attached hydrogen (secondary N) is 1. The lowest BCUT2D eigenvalue weighted by Gasteiger charge is -2.19. The molecule has 8 heteroatoms. The molecule has 1 aromatic rings. The van der Waals surface area contributed by atoms with E-state index in [1.807, 2.05) is 0 Å². The van der Waals surface area contributed by atoms with Crippen LogP contribution in [-0.4, -0.2) is 36.6 Å². The highest BCUT2D eigenvalue weighted by atomic mass is 32.2. The van der Waals surface area contributed by atoms with E-state index in [2.05, 4.69) is 9.71 Å². The molecule has 0 aliphatic carbocycles. The maximum Gasteiger partial charge on any atom is 0.242 e. The molecule has 2 fully saturated rings. The fourth-order valence-electron chi connectivity index (χ4n) is 2.71. The van der Waals surface area contributed by atoms with Crippen molar-refractivity contribution in [3.05, 3.63) is 24.0 Å². The number of aromatic nitrogens is 1. The molecule has 2 aliphatic rings. The summed E-state index contributed by atoms with van der Waals surface area (Å²) in [6.45, 7) is 0. The molecule has 3 heterocycles. The Bertz CT molecular complexity index is 630. The third-order valence-electron chi connectivity index (χ3n) is 3.71. The van der Waals surface area contributed by atoms with Crippen LogP contribution in [0.5, 0.6) is 0 Å². The van der Waals surface area contributed by atoms with Crippen LogP contribution >= 0.6 is 12.2 Å². The van der Waals surface area contributed by atoms with Gasteiger partial charge in [-0.05, 0) is 31.4 Å². The minimum absolute atomic E-state index is 0.00127. The van der Waals surface area contributed by atoms with Gasteiger partial charge in [-0.3, -0.25) is 4.98 Å². The molecule has 0 aromatic carbocycles. The monoisotopic (exact) mass is 313 g/mol. The van der Waals surface area contributed by atoms with Crippen LogP contribution in [0.4, 0.5) is 0 Å². The van der Waals surface area contributed by atoms with Gasteiger partial charge in [0.05, 0.1) is 23.9 Å². The summed E-state index contributed by atoms with van der Waals surface area (Å²) in [5.74, 6) is 0. The lowest BCUT2D eigenvalue weighted by atomic mass is 9.96. The quantitative estimate of drug-likeness (QED) is 0.777. The number of fused-ring (bicyclic) bond motifs is 2. The highest BCUT2D eigenvalue weighted by Crippen LogP contribution is 2.34. The zero-order valence-corrected chi connectivity index (χ0v) is 12.3. The number of ether oxygens (including phenoxy) is 1. The first kappa shape index (κ1) is 13.9. The van der Waals surface area contributed by atoms with Crippen molar-refractivity contribution in [3.63, 3.8) is 0 Å². The van der Waals surface area contributed by atoms with E-state index in [0.717, 1.165) is 19.3 Å². The summed E-state index contributed by atoms with van der Waals surface area (Å²) in [6.07, 6.45) is 4.14. The van der Waals surface area contributed by atoms with Crippen LogP contribution in [0.3, 0.4) is 0 Å². The Morgan fingerprint density at radius 3 is 2.75 bits per heavy atom. The zero-order chi connectivity index (χ0) is 14.3. The standard InChI is InChI=1S/C12H15N3O3S2/c13-12(19)9-3-2-8(6-14-9)20(16,17)15-10-5-7-1-4-11(10)18-7/h2-3,6-7,10-11,15H,1,4-5H2,(H2,13,19). The van der Waals surface area contributed by atoms with E-state index in [0.29, 0.717) is 5.69 Å². The third-order valence-corrected chi connectivity index (χ3v) is 5.40. The minimum atomic E-state index is -3.59. The third kappa shape index (κ3) is 2.56. The van der Waals surface area contributed by atoms with Crippen molar-refractivity contribution >= 4 is 27.2 Å². The Balaban J connectivity index is 1.76. The van der Waals surface area contributed by atoms with Gasteiger partial charge < -0.3 is 10.5 Å². The molecule has 3 N–H and O–H groups in total. The summed E-state index contributed by atoms with van der Waals surface area (Å²) in [6, 6.07) is 2.82. The number of pyridine rings is 1. The minimum Gasteiger partial charge on any atom is -0.388 e. The van der Waals surface area contributed by atoms with Crippen molar-refractivity contribution in [2.45, 2.75) is 42.4 Å². The summed E-state index contributed by atoms with van der Waals surface area (Å²) in [5.41, 5.74) is 5.84. The van der Waals surface area contributed by atoms with E-state index in [-0.39, 0.29) is 28.1 Å². The van der Waals surface area contributed by atoms with Gasteiger partial charge >= 0.3 is 0 Å². The van der Waals surface area contributed by atoms with Crippen LogP contribution in [0.25, 0.3) is 0 Å². The first-order valence-electron chi connectivity index (χ1n) is 6.39. The van der Waals surface area contributed by atoms with Crippen LogP contribution in [0, 0.1) is 0 Å². The molecule has 0 spiro atoms. The van der Waals surface area contributed by atoms with Crippen molar-refractivity contribution in [1.29, 1.82) is 0 Å². The van der Waals surface area contributed by atoms with Gasteiger partial charge in [-0.2, -0.15) is 0 Å². The molecule has 2 bridgehead atoms. The Morgan fingerprint density at radius 1 is 1.45 bits per heavy atom. The second-order valence-corrected chi connectivity index (χ2v) is 7.23. The molecule has 6 nitrogen and oxygen atoms in total. The van der Waals surface area contributed by atoms with Crippen molar-refractivity contribution in [2.75, 3.05) is 0 Å². The number of sulfonamides is 1. The predicted molar refractivity (Wildman–Crippen MR) is 76.7 cm³/mol. The molecule has 1 aromatic heterocycles. The van der Waals surface area contributed by atoms with Crippen LogP contribution in [-0.2, 0) is 14.8 Å².